The van der Waals surface area contributed by atoms with Crippen LogP contribution < -0.4 is 11.5 Å². The lowest BCUT2D eigenvalue weighted by Crippen LogP contribution is -2.22. The number of rotatable bonds is 24. The molecule has 35 heavy (non-hydrogen) atoms. The molecule has 0 fully saturated rings. The Morgan fingerprint density at radius 3 is 1.11 bits per heavy atom. The normalized spacial score (nSPS) is 18.9. The van der Waals surface area contributed by atoms with Gasteiger partial charge in [-0.15, -0.1) is 0 Å². The van der Waals surface area contributed by atoms with Crippen LogP contribution in [-0.2, 0) is 22.3 Å². The summed E-state index contributed by atoms with van der Waals surface area (Å²) in [5.41, 5.74) is 11.6. The van der Waals surface area contributed by atoms with Crippen LogP contribution in [-0.4, -0.2) is 28.0 Å². The number of unbranched alkanes of at least 4 members (excludes halogenated alkanes) is 14. The van der Waals surface area contributed by atoms with Gasteiger partial charge in [-0.2, -0.15) is 0 Å². The zero-order valence-corrected chi connectivity index (χ0v) is 25.0. The predicted octanol–water partition coefficient (Wildman–Crippen LogP) is 7.84. The van der Waals surface area contributed by atoms with Crippen LogP contribution in [0.3, 0.4) is 0 Å². The summed E-state index contributed by atoms with van der Waals surface area (Å²) >= 11 is 0. The van der Waals surface area contributed by atoms with E-state index in [1.165, 1.54) is 51.4 Å². The van der Waals surface area contributed by atoms with Gasteiger partial charge in [0.15, 0.2) is 0 Å². The molecule has 12 heteroatoms. The zero-order valence-electron chi connectivity index (χ0n) is 22.3. The van der Waals surface area contributed by atoms with Crippen molar-refractivity contribution in [3.8, 4) is 0 Å². The minimum absolute atomic E-state index is 0.220. The van der Waals surface area contributed by atoms with E-state index in [0.29, 0.717) is 12.8 Å². The fraction of sp³-hybridized carbons (Fsp3) is 1.00. The van der Waals surface area contributed by atoms with Gasteiger partial charge in [0.05, 0.1) is 0 Å². The third-order valence-electron chi connectivity index (χ3n) is 6.08. The Hall–Kier alpha value is 0.450. The monoisotopic (exact) mass is 562 g/mol. The number of hydrogen-bond acceptors (Lipinski definition) is 7. The van der Waals surface area contributed by atoms with Crippen LogP contribution in [0.5, 0.6) is 0 Å². The summed E-state index contributed by atoms with van der Waals surface area (Å²) in [4.78, 5) is 20.4. The highest BCUT2D eigenvalue weighted by atomic mass is 31.3. The second kappa shape index (κ2) is 19.5. The van der Waals surface area contributed by atoms with Gasteiger partial charge >= 0.3 is 22.8 Å². The molecule has 0 saturated carbocycles. The summed E-state index contributed by atoms with van der Waals surface area (Å²) in [5, 5.41) is 0. The second-order valence-electron chi connectivity index (χ2n) is 9.72. The Morgan fingerprint density at radius 1 is 0.571 bits per heavy atom. The molecule has 0 aliphatic rings. The quantitative estimate of drug-likeness (QED) is 0.0677. The smallest absolute Gasteiger partial charge is 0.323 e. The zero-order chi connectivity index (χ0) is 26.8. The SMILES string of the molecule is CCCCCCCCCCC(N)P(=O)(O)OP(C)(=O)OP(=O)(O)C(N)CCCCCCCCCC. The average Bonchev–Trinajstić information content (AvgIpc) is 2.75. The van der Waals surface area contributed by atoms with Crippen LogP contribution in [0, 0.1) is 0 Å². The van der Waals surface area contributed by atoms with Crippen molar-refractivity contribution in [1.29, 1.82) is 0 Å². The van der Waals surface area contributed by atoms with Crippen molar-refractivity contribution < 1.29 is 32.1 Å². The standard InChI is InChI=1S/C23H53N2O7P3/c1-4-6-8-10-12-14-16-18-20-22(24)34(27,28)31-33(3,26)32-35(29,30)23(25)21-19-17-15-13-11-9-7-5-2/h22-23H,4-21,24-25H2,1-3H3,(H,27,28)(H,29,30). The highest BCUT2D eigenvalue weighted by Gasteiger charge is 2.42. The van der Waals surface area contributed by atoms with Gasteiger partial charge in [-0.3, -0.25) is 13.7 Å². The minimum atomic E-state index is -4.52. The molecule has 0 rings (SSSR count). The van der Waals surface area contributed by atoms with E-state index in [-0.39, 0.29) is 12.8 Å². The molecule has 6 N–H and O–H groups in total. The van der Waals surface area contributed by atoms with Crippen molar-refractivity contribution in [1.82, 2.24) is 0 Å². The van der Waals surface area contributed by atoms with E-state index in [0.717, 1.165) is 45.2 Å². The highest BCUT2D eigenvalue weighted by Crippen LogP contribution is 2.69. The fourth-order valence-corrected chi connectivity index (χ4v) is 9.64. The molecule has 4 atom stereocenters. The summed E-state index contributed by atoms with van der Waals surface area (Å²) in [6.07, 6.45) is 17.4. The van der Waals surface area contributed by atoms with Gasteiger partial charge in [0.1, 0.15) is 11.6 Å². The maximum atomic E-state index is 12.6. The second-order valence-corrected chi connectivity index (χ2v) is 16.2. The molecule has 0 heterocycles. The Kier molecular flexibility index (Phi) is 19.8. The van der Waals surface area contributed by atoms with Gasteiger partial charge < -0.3 is 21.3 Å². The van der Waals surface area contributed by atoms with Crippen molar-refractivity contribution in [2.24, 2.45) is 11.5 Å². The summed E-state index contributed by atoms with van der Waals surface area (Å²) < 4.78 is 47.3. The van der Waals surface area contributed by atoms with Crippen LogP contribution in [0.4, 0.5) is 0 Å². The largest absolute Gasteiger partial charge is 0.351 e. The van der Waals surface area contributed by atoms with Crippen LogP contribution >= 0.6 is 22.8 Å². The van der Waals surface area contributed by atoms with Gasteiger partial charge in [-0.05, 0) is 12.8 Å². The van der Waals surface area contributed by atoms with Crippen LogP contribution in [0.25, 0.3) is 0 Å². The molecule has 9 nitrogen and oxygen atoms in total. The third kappa shape index (κ3) is 18.4. The average molecular weight is 563 g/mol. The maximum Gasteiger partial charge on any atom is 0.351 e. The highest BCUT2D eigenvalue weighted by molar-refractivity contribution is 7.72. The van der Waals surface area contributed by atoms with E-state index < -0.39 is 34.4 Å². The first kappa shape index (κ1) is 35.5. The van der Waals surface area contributed by atoms with Gasteiger partial charge in [-0.25, -0.2) is 8.62 Å². The van der Waals surface area contributed by atoms with E-state index in [4.69, 9.17) is 20.1 Å². The minimum Gasteiger partial charge on any atom is -0.323 e. The summed E-state index contributed by atoms with van der Waals surface area (Å²) in [6.45, 7) is 5.23. The van der Waals surface area contributed by atoms with Crippen molar-refractivity contribution in [2.75, 3.05) is 6.66 Å². The molecule has 4 unspecified atom stereocenters. The molecule has 0 aromatic rings. The van der Waals surface area contributed by atoms with Crippen molar-refractivity contribution in [3.63, 3.8) is 0 Å². The van der Waals surface area contributed by atoms with Gasteiger partial charge in [0.25, 0.3) is 0 Å². The summed E-state index contributed by atoms with van der Waals surface area (Å²) in [5.74, 6) is -2.49. The molecule has 0 aliphatic carbocycles. The summed E-state index contributed by atoms with van der Waals surface area (Å²) in [7, 11) is -13.4. The fourth-order valence-electron chi connectivity index (χ4n) is 3.86. The Balaban J connectivity index is 4.38. The first-order chi connectivity index (χ1) is 16.4. The molecule has 0 aromatic carbocycles. The lowest BCUT2D eigenvalue weighted by atomic mass is 10.1. The molecule has 0 spiro atoms. The van der Waals surface area contributed by atoms with Gasteiger partial charge in [0, 0.05) is 6.66 Å². The third-order valence-corrected chi connectivity index (χ3v) is 12.5. The molecule has 0 bridgehead atoms. The summed E-state index contributed by atoms with van der Waals surface area (Å²) in [6, 6.07) is 0. The molecule has 0 amide bonds. The maximum absolute atomic E-state index is 12.6. The topological polar surface area (TPSA) is 162 Å². The van der Waals surface area contributed by atoms with E-state index in [9.17, 15) is 23.5 Å². The molecule has 212 valence electrons. The van der Waals surface area contributed by atoms with Crippen molar-refractivity contribution in [2.45, 2.75) is 141 Å². The van der Waals surface area contributed by atoms with Gasteiger partial charge in [-0.1, -0.05) is 117 Å². The molecular weight excluding hydrogens is 509 g/mol. The van der Waals surface area contributed by atoms with Crippen LogP contribution in [0.2, 0.25) is 0 Å². The van der Waals surface area contributed by atoms with Gasteiger partial charge in [0.2, 0.25) is 0 Å². The Morgan fingerprint density at radius 2 is 0.829 bits per heavy atom. The Labute approximate surface area is 214 Å². The van der Waals surface area contributed by atoms with Crippen LogP contribution in [0.1, 0.15) is 129 Å². The number of hydrogen-bond donors (Lipinski definition) is 4. The van der Waals surface area contributed by atoms with Crippen molar-refractivity contribution >= 4 is 22.8 Å². The molecule has 0 radical (unpaired) electrons. The lowest BCUT2D eigenvalue weighted by molar-refractivity contribution is 0.304. The van der Waals surface area contributed by atoms with E-state index in [1.807, 2.05) is 0 Å². The lowest BCUT2D eigenvalue weighted by Gasteiger charge is -2.25. The molecule has 0 aromatic heterocycles. The first-order valence-corrected chi connectivity index (χ1v) is 18.8. The molecule has 0 aliphatic heterocycles. The number of nitrogens with two attached hydrogens (primary N) is 2. The predicted molar refractivity (Wildman–Crippen MR) is 146 cm³/mol. The Bertz CT molecular complexity index is 630. The van der Waals surface area contributed by atoms with E-state index >= 15 is 0 Å². The first-order valence-electron chi connectivity index (χ1n) is 13.5. The van der Waals surface area contributed by atoms with E-state index in [1.54, 1.807) is 0 Å². The van der Waals surface area contributed by atoms with E-state index in [2.05, 4.69) is 13.8 Å². The van der Waals surface area contributed by atoms with Crippen LogP contribution in [0.15, 0.2) is 0 Å². The van der Waals surface area contributed by atoms with Crippen molar-refractivity contribution in [3.05, 3.63) is 0 Å². The molecule has 0 saturated heterocycles. The molecular formula is C23H53N2O7P3.